The molecule has 146 valence electrons. The Morgan fingerprint density at radius 3 is 2.89 bits per heavy atom. The van der Waals surface area contributed by atoms with Crippen molar-refractivity contribution < 1.29 is 9.53 Å². The van der Waals surface area contributed by atoms with E-state index in [1.165, 1.54) is 29.6 Å². The minimum atomic E-state index is -0.564. The summed E-state index contributed by atoms with van der Waals surface area (Å²) in [5, 5.41) is 3.25. The van der Waals surface area contributed by atoms with Crippen molar-refractivity contribution in [2.24, 2.45) is 5.92 Å². The monoisotopic (exact) mass is 370 g/mol. The molecule has 0 aromatic carbocycles. The lowest BCUT2D eigenvalue weighted by atomic mass is 10.0. The van der Waals surface area contributed by atoms with Crippen LogP contribution in [-0.2, 0) is 15.1 Å². The van der Waals surface area contributed by atoms with Gasteiger partial charge in [-0.05, 0) is 52.3 Å². The van der Waals surface area contributed by atoms with E-state index in [0.717, 1.165) is 18.9 Å². The molecule has 3 heterocycles. The molecule has 0 bridgehead atoms. The summed E-state index contributed by atoms with van der Waals surface area (Å²) in [7, 11) is 2.03. The number of rotatable bonds is 4. The van der Waals surface area contributed by atoms with Crippen LogP contribution in [0, 0.1) is 12.8 Å². The van der Waals surface area contributed by atoms with Gasteiger partial charge in [-0.1, -0.05) is 6.07 Å². The highest BCUT2D eigenvalue weighted by Crippen LogP contribution is 2.43. The van der Waals surface area contributed by atoms with E-state index in [9.17, 15) is 4.79 Å². The quantitative estimate of drug-likeness (QED) is 0.898. The molecule has 0 radical (unpaired) electrons. The molecule has 1 amide bonds. The number of ether oxygens (including phenoxy) is 1. The van der Waals surface area contributed by atoms with Gasteiger partial charge in [0.1, 0.15) is 5.82 Å². The molecule has 6 nitrogen and oxygen atoms in total. The Bertz CT molecular complexity index is 853. The highest BCUT2D eigenvalue weighted by Gasteiger charge is 2.36. The number of hydrogen-bond acceptors (Lipinski definition) is 4. The fourth-order valence-electron chi connectivity index (χ4n) is 4.01. The molecular weight excluding hydrogens is 340 g/mol. The maximum Gasteiger partial charge on any atom is 0.227 e. The normalized spacial score (nSPS) is 22.0. The first-order chi connectivity index (χ1) is 12.9. The second-order valence-electron chi connectivity index (χ2n) is 8.65. The van der Waals surface area contributed by atoms with Crippen molar-refractivity contribution in [3.63, 3.8) is 0 Å². The zero-order valence-electron chi connectivity index (χ0n) is 16.8. The second-order valence-corrected chi connectivity index (χ2v) is 8.65. The highest BCUT2D eigenvalue weighted by molar-refractivity contribution is 5.80. The summed E-state index contributed by atoms with van der Waals surface area (Å²) in [5.41, 5.74) is 3.06. The van der Waals surface area contributed by atoms with Crippen LogP contribution in [-0.4, -0.2) is 53.5 Å². The van der Waals surface area contributed by atoms with Crippen molar-refractivity contribution in [1.82, 2.24) is 19.6 Å². The van der Waals surface area contributed by atoms with Gasteiger partial charge in [-0.3, -0.25) is 4.79 Å². The first kappa shape index (κ1) is 18.4. The van der Waals surface area contributed by atoms with Crippen LogP contribution in [0.15, 0.2) is 18.3 Å². The topological polar surface area (TPSA) is 58.9 Å². The smallest absolute Gasteiger partial charge is 0.227 e. The Hall–Kier alpha value is -1.92. The lowest BCUT2D eigenvalue weighted by Gasteiger charge is -2.28. The van der Waals surface area contributed by atoms with E-state index in [-0.39, 0.29) is 11.8 Å². The highest BCUT2D eigenvalue weighted by atomic mass is 16.5. The minimum Gasteiger partial charge on any atom is -0.379 e. The number of nitrogens with zero attached hydrogens (tertiary/aromatic N) is 3. The Morgan fingerprint density at radius 2 is 2.15 bits per heavy atom. The Labute approximate surface area is 160 Å². The number of aryl methyl sites for hydroxylation is 1. The van der Waals surface area contributed by atoms with Crippen molar-refractivity contribution in [2.75, 3.05) is 33.4 Å². The van der Waals surface area contributed by atoms with Gasteiger partial charge in [0.05, 0.1) is 35.9 Å². The molecule has 4 rings (SSSR count). The third-order valence-corrected chi connectivity index (χ3v) is 5.69. The van der Waals surface area contributed by atoms with Gasteiger partial charge >= 0.3 is 0 Å². The summed E-state index contributed by atoms with van der Waals surface area (Å²) in [6.45, 7) is 8.95. The molecule has 1 N–H and O–H groups in total. The number of aromatic nitrogens is 2. The van der Waals surface area contributed by atoms with Gasteiger partial charge in [-0.25, -0.2) is 4.98 Å². The van der Waals surface area contributed by atoms with Crippen LogP contribution in [0.1, 0.15) is 49.7 Å². The number of likely N-dealkylation sites (N-methyl/N-ethyl adjacent to an activating group) is 1. The summed E-state index contributed by atoms with van der Waals surface area (Å²) >= 11 is 0. The molecule has 6 heteroatoms. The Kier molecular flexibility index (Phi) is 4.72. The van der Waals surface area contributed by atoms with E-state index in [2.05, 4.69) is 39.9 Å². The Morgan fingerprint density at radius 1 is 1.37 bits per heavy atom. The van der Waals surface area contributed by atoms with Crippen molar-refractivity contribution in [2.45, 2.75) is 45.1 Å². The van der Waals surface area contributed by atoms with Crippen molar-refractivity contribution >= 4 is 11.4 Å². The van der Waals surface area contributed by atoms with Gasteiger partial charge in [0.15, 0.2) is 0 Å². The number of carbonyl (C=O) groups excluding carboxylic acids is 1. The fourth-order valence-corrected chi connectivity index (χ4v) is 4.01. The SMILES string of the molecule is Cc1cccn2c(C(C)(C)NC(=O)C3COCCN(C)C3)nc(C3CC3)c12. The van der Waals surface area contributed by atoms with Crippen molar-refractivity contribution in [3.05, 3.63) is 35.4 Å². The lowest BCUT2D eigenvalue weighted by Crippen LogP contribution is -2.47. The average Bonchev–Trinajstić information content (AvgIpc) is 3.40. The van der Waals surface area contributed by atoms with Crippen LogP contribution >= 0.6 is 0 Å². The van der Waals surface area contributed by atoms with Gasteiger partial charge in [0, 0.05) is 25.2 Å². The first-order valence-corrected chi connectivity index (χ1v) is 9.93. The van der Waals surface area contributed by atoms with Gasteiger partial charge in [0.2, 0.25) is 5.91 Å². The molecule has 2 aliphatic rings. The van der Waals surface area contributed by atoms with E-state index in [1.54, 1.807) is 0 Å². The summed E-state index contributed by atoms with van der Waals surface area (Å²) in [6.07, 6.45) is 4.48. The fraction of sp³-hybridized carbons (Fsp3) is 0.619. The van der Waals surface area contributed by atoms with E-state index >= 15 is 0 Å². The number of hydrogen-bond donors (Lipinski definition) is 1. The van der Waals surface area contributed by atoms with Gasteiger partial charge < -0.3 is 19.4 Å². The number of amides is 1. The summed E-state index contributed by atoms with van der Waals surface area (Å²) < 4.78 is 7.79. The van der Waals surface area contributed by atoms with Crippen LogP contribution in [0.25, 0.3) is 5.52 Å². The molecule has 0 spiro atoms. The largest absolute Gasteiger partial charge is 0.379 e. The third-order valence-electron chi connectivity index (χ3n) is 5.69. The zero-order valence-corrected chi connectivity index (χ0v) is 16.8. The van der Waals surface area contributed by atoms with E-state index < -0.39 is 5.54 Å². The standard InChI is InChI=1S/C21H30N4O2/c1-14-6-5-9-25-18(14)17(15-7-8-15)22-20(25)21(2,3)23-19(26)16-12-24(4)10-11-27-13-16/h5-6,9,15-16H,7-8,10-13H2,1-4H3,(H,23,26). The van der Waals surface area contributed by atoms with E-state index in [1.807, 2.05) is 20.9 Å². The molecule has 1 unspecified atom stereocenters. The summed E-state index contributed by atoms with van der Waals surface area (Å²) in [6, 6.07) is 4.19. The van der Waals surface area contributed by atoms with E-state index in [0.29, 0.717) is 19.1 Å². The molecule has 1 atom stereocenters. The minimum absolute atomic E-state index is 0.0334. The van der Waals surface area contributed by atoms with Crippen LogP contribution in [0.3, 0.4) is 0 Å². The van der Waals surface area contributed by atoms with Crippen LogP contribution in [0.5, 0.6) is 0 Å². The first-order valence-electron chi connectivity index (χ1n) is 9.93. The predicted octanol–water partition coefficient (Wildman–Crippen LogP) is 2.45. The van der Waals surface area contributed by atoms with Crippen LogP contribution in [0.4, 0.5) is 0 Å². The van der Waals surface area contributed by atoms with Gasteiger partial charge in [-0.2, -0.15) is 0 Å². The molecule has 27 heavy (non-hydrogen) atoms. The van der Waals surface area contributed by atoms with Crippen LogP contribution in [0.2, 0.25) is 0 Å². The number of imidazole rings is 1. The van der Waals surface area contributed by atoms with Crippen molar-refractivity contribution in [1.29, 1.82) is 0 Å². The number of nitrogens with one attached hydrogen (secondary N) is 1. The summed E-state index contributed by atoms with van der Waals surface area (Å²) in [5.74, 6) is 1.34. The van der Waals surface area contributed by atoms with Crippen molar-refractivity contribution in [3.8, 4) is 0 Å². The number of fused-ring (bicyclic) bond motifs is 1. The molecule has 1 aliphatic carbocycles. The van der Waals surface area contributed by atoms with E-state index in [4.69, 9.17) is 9.72 Å². The Balaban J connectivity index is 1.64. The number of pyridine rings is 1. The maximum atomic E-state index is 13.0. The van der Waals surface area contributed by atoms with Gasteiger partial charge in [0.25, 0.3) is 0 Å². The predicted molar refractivity (Wildman–Crippen MR) is 105 cm³/mol. The molecule has 2 fully saturated rings. The third kappa shape index (κ3) is 3.60. The average molecular weight is 370 g/mol. The molecule has 1 saturated heterocycles. The van der Waals surface area contributed by atoms with Crippen LogP contribution < -0.4 is 5.32 Å². The lowest BCUT2D eigenvalue weighted by molar-refractivity contribution is -0.128. The summed E-state index contributed by atoms with van der Waals surface area (Å²) in [4.78, 5) is 20.2. The second kappa shape index (κ2) is 6.91. The maximum absolute atomic E-state index is 13.0. The molecule has 2 aromatic heterocycles. The van der Waals surface area contributed by atoms with Gasteiger partial charge in [-0.15, -0.1) is 0 Å². The molecular formula is C21H30N4O2. The number of carbonyl (C=O) groups is 1. The molecule has 2 aromatic rings. The zero-order chi connectivity index (χ0) is 19.2. The molecule has 1 aliphatic heterocycles. The molecule has 1 saturated carbocycles.